The largest absolute Gasteiger partial charge is 0.335 e. The van der Waals surface area contributed by atoms with Crippen LogP contribution in [0.4, 0.5) is 0 Å². The van der Waals surface area contributed by atoms with Crippen LogP contribution in [0.1, 0.15) is 35.7 Å². The van der Waals surface area contributed by atoms with Crippen molar-refractivity contribution in [1.29, 1.82) is 0 Å². The third kappa shape index (κ3) is 3.74. The Kier molecular flexibility index (Phi) is 5.22. The van der Waals surface area contributed by atoms with Gasteiger partial charge in [0.15, 0.2) is 0 Å². The lowest BCUT2D eigenvalue weighted by Crippen LogP contribution is -2.44. The highest BCUT2D eigenvalue weighted by atomic mass is 35.5. The van der Waals surface area contributed by atoms with Crippen molar-refractivity contribution in [3.05, 3.63) is 35.4 Å². The molecule has 5 nitrogen and oxygen atoms in total. The van der Waals surface area contributed by atoms with Crippen LogP contribution in [0.25, 0.3) is 0 Å². The molecule has 1 aliphatic carbocycles. The van der Waals surface area contributed by atoms with Gasteiger partial charge in [-0.3, -0.25) is 10.2 Å². The van der Waals surface area contributed by atoms with Crippen molar-refractivity contribution in [3.63, 3.8) is 0 Å². The van der Waals surface area contributed by atoms with Crippen LogP contribution in [-0.2, 0) is 6.54 Å². The average molecular weight is 311 g/mol. The van der Waals surface area contributed by atoms with E-state index in [9.17, 15) is 4.79 Å². The third-order valence-electron chi connectivity index (χ3n) is 4.38. The van der Waals surface area contributed by atoms with E-state index in [1.807, 2.05) is 24.3 Å². The quantitative estimate of drug-likeness (QED) is 0.672. The molecule has 1 aromatic carbocycles. The summed E-state index contributed by atoms with van der Waals surface area (Å²) >= 11 is 0. The van der Waals surface area contributed by atoms with E-state index in [4.69, 9.17) is 5.73 Å². The minimum absolute atomic E-state index is 0. The molecule has 1 amide bonds. The summed E-state index contributed by atoms with van der Waals surface area (Å²) in [4.78, 5) is 12.1. The summed E-state index contributed by atoms with van der Waals surface area (Å²) in [6, 6.07) is 7.91. The van der Waals surface area contributed by atoms with Gasteiger partial charge in [0.05, 0.1) is 6.17 Å². The van der Waals surface area contributed by atoms with Crippen LogP contribution in [0.2, 0.25) is 0 Å². The molecule has 6 heteroatoms. The Hall–Kier alpha value is -1.14. The molecule has 0 aromatic heterocycles. The number of nitrogens with one attached hydrogen (secondary N) is 3. The summed E-state index contributed by atoms with van der Waals surface area (Å²) in [5.74, 6) is 1.53. The van der Waals surface area contributed by atoms with E-state index in [0.29, 0.717) is 18.2 Å². The monoisotopic (exact) mass is 310 g/mol. The minimum Gasteiger partial charge on any atom is -0.335 e. The number of benzene rings is 1. The molecule has 2 fully saturated rings. The Labute approximate surface area is 131 Å². The summed E-state index contributed by atoms with van der Waals surface area (Å²) < 4.78 is 0. The predicted octanol–water partition coefficient (Wildman–Crippen LogP) is 1.15. The van der Waals surface area contributed by atoms with E-state index < -0.39 is 0 Å². The van der Waals surface area contributed by atoms with Crippen molar-refractivity contribution in [3.8, 4) is 0 Å². The van der Waals surface area contributed by atoms with Gasteiger partial charge in [0, 0.05) is 18.2 Å². The summed E-state index contributed by atoms with van der Waals surface area (Å²) in [5, 5.41) is 3.02. The zero-order valence-electron chi connectivity index (χ0n) is 12.1. The minimum atomic E-state index is -0.0441. The lowest BCUT2D eigenvalue weighted by atomic mass is 10.1. The lowest BCUT2D eigenvalue weighted by Gasteiger charge is -2.12. The summed E-state index contributed by atoms with van der Waals surface area (Å²) in [5.41, 5.74) is 13.7. The van der Waals surface area contributed by atoms with Crippen LogP contribution >= 0.6 is 12.4 Å². The highest BCUT2D eigenvalue weighted by Crippen LogP contribution is 2.42. The van der Waals surface area contributed by atoms with Gasteiger partial charge in [-0.1, -0.05) is 19.1 Å². The maximum atomic E-state index is 12.1. The SMILES string of the molecule is CC1CC1C1CC(NC(=O)c2ccc(CN)cc2)NN1.Cl. The number of hydrogen-bond donors (Lipinski definition) is 4. The molecule has 1 aliphatic heterocycles. The first-order valence-electron chi connectivity index (χ1n) is 7.28. The highest BCUT2D eigenvalue weighted by molar-refractivity contribution is 5.94. The molecule has 1 saturated heterocycles. The lowest BCUT2D eigenvalue weighted by molar-refractivity contribution is 0.0932. The summed E-state index contributed by atoms with van der Waals surface area (Å²) in [6.07, 6.45) is 2.25. The Bertz CT molecular complexity index is 493. The molecule has 1 heterocycles. The van der Waals surface area contributed by atoms with Gasteiger partial charge in [0.1, 0.15) is 0 Å². The predicted molar refractivity (Wildman–Crippen MR) is 84.8 cm³/mol. The van der Waals surface area contributed by atoms with Gasteiger partial charge in [-0.05, 0) is 42.4 Å². The van der Waals surface area contributed by atoms with Crippen molar-refractivity contribution in [2.75, 3.05) is 0 Å². The smallest absolute Gasteiger partial charge is 0.252 e. The van der Waals surface area contributed by atoms with E-state index in [-0.39, 0.29) is 24.5 Å². The zero-order chi connectivity index (χ0) is 14.1. The fraction of sp³-hybridized carbons (Fsp3) is 0.533. The Balaban J connectivity index is 0.00000161. The van der Waals surface area contributed by atoms with Crippen LogP contribution < -0.4 is 21.9 Å². The zero-order valence-corrected chi connectivity index (χ0v) is 13.0. The topological polar surface area (TPSA) is 79.2 Å². The number of hydrogen-bond acceptors (Lipinski definition) is 4. The van der Waals surface area contributed by atoms with Crippen molar-refractivity contribution >= 4 is 18.3 Å². The number of halogens is 1. The molecule has 0 radical (unpaired) electrons. The van der Waals surface area contributed by atoms with Crippen LogP contribution in [0.3, 0.4) is 0 Å². The van der Waals surface area contributed by atoms with Gasteiger partial charge >= 0.3 is 0 Å². The van der Waals surface area contributed by atoms with E-state index in [0.717, 1.165) is 23.8 Å². The van der Waals surface area contributed by atoms with Crippen LogP contribution in [0.15, 0.2) is 24.3 Å². The second-order valence-corrected chi connectivity index (χ2v) is 5.93. The molecule has 1 aromatic rings. The number of carbonyl (C=O) groups excluding carboxylic acids is 1. The molecule has 21 heavy (non-hydrogen) atoms. The first-order chi connectivity index (χ1) is 9.67. The Morgan fingerprint density at radius 2 is 1.95 bits per heavy atom. The Morgan fingerprint density at radius 1 is 1.29 bits per heavy atom. The van der Waals surface area contributed by atoms with Crippen molar-refractivity contribution < 1.29 is 4.79 Å². The van der Waals surface area contributed by atoms with Gasteiger partial charge in [-0.2, -0.15) is 0 Å². The fourth-order valence-corrected chi connectivity index (χ4v) is 2.90. The van der Waals surface area contributed by atoms with Crippen LogP contribution in [0, 0.1) is 11.8 Å². The maximum Gasteiger partial charge on any atom is 0.252 e. The normalized spacial score (nSPS) is 30.6. The maximum absolute atomic E-state index is 12.1. The average Bonchev–Trinajstić information content (AvgIpc) is 3.01. The second-order valence-electron chi connectivity index (χ2n) is 5.93. The molecule has 1 saturated carbocycles. The first-order valence-corrected chi connectivity index (χ1v) is 7.28. The molecular formula is C15H23ClN4O. The van der Waals surface area contributed by atoms with Crippen molar-refractivity contribution in [2.24, 2.45) is 17.6 Å². The third-order valence-corrected chi connectivity index (χ3v) is 4.38. The van der Waals surface area contributed by atoms with E-state index in [1.165, 1.54) is 6.42 Å². The van der Waals surface area contributed by atoms with Crippen LogP contribution in [-0.4, -0.2) is 18.1 Å². The summed E-state index contributed by atoms with van der Waals surface area (Å²) in [7, 11) is 0. The summed E-state index contributed by atoms with van der Waals surface area (Å²) in [6.45, 7) is 2.77. The number of nitrogens with two attached hydrogens (primary N) is 1. The van der Waals surface area contributed by atoms with E-state index in [1.54, 1.807) is 0 Å². The molecule has 0 spiro atoms. The molecule has 3 rings (SSSR count). The highest BCUT2D eigenvalue weighted by Gasteiger charge is 2.42. The molecule has 116 valence electrons. The van der Waals surface area contributed by atoms with Gasteiger partial charge in [0.2, 0.25) is 0 Å². The van der Waals surface area contributed by atoms with E-state index >= 15 is 0 Å². The number of amides is 1. The van der Waals surface area contributed by atoms with Gasteiger partial charge < -0.3 is 11.1 Å². The fourth-order valence-electron chi connectivity index (χ4n) is 2.90. The van der Waals surface area contributed by atoms with Crippen LogP contribution in [0.5, 0.6) is 0 Å². The second kappa shape index (κ2) is 6.75. The van der Waals surface area contributed by atoms with Gasteiger partial charge in [0.25, 0.3) is 5.91 Å². The number of hydrazine groups is 1. The van der Waals surface area contributed by atoms with E-state index in [2.05, 4.69) is 23.1 Å². The first kappa shape index (κ1) is 16.2. The number of rotatable bonds is 4. The molecule has 4 atom stereocenters. The molecule has 0 bridgehead atoms. The molecule has 5 N–H and O–H groups in total. The Morgan fingerprint density at radius 3 is 2.52 bits per heavy atom. The van der Waals surface area contributed by atoms with Crippen molar-refractivity contribution in [1.82, 2.24) is 16.2 Å². The molecular weight excluding hydrogens is 288 g/mol. The van der Waals surface area contributed by atoms with Gasteiger partial charge in [-0.25, -0.2) is 5.43 Å². The van der Waals surface area contributed by atoms with Gasteiger partial charge in [-0.15, -0.1) is 12.4 Å². The van der Waals surface area contributed by atoms with Crippen molar-refractivity contribution in [2.45, 2.75) is 38.5 Å². The number of carbonyl (C=O) groups is 1. The molecule has 4 unspecified atom stereocenters. The molecule has 2 aliphatic rings. The standard InChI is InChI=1S/C15H22N4O.ClH/c1-9-6-12(9)13-7-14(19-18-13)17-15(20)11-4-2-10(8-16)3-5-11;/h2-5,9,12-14,18-19H,6-8,16H2,1H3,(H,17,20);1H.